The maximum absolute atomic E-state index is 10.6. The standard InChI is InChI=1S/C7H8N2O2/c1-3-7(10)11-6-4-9(2)5-8-6/h3-5H,1H2,2H3. The fraction of sp³-hybridized carbons (Fsp3) is 0.143. The highest BCUT2D eigenvalue weighted by Gasteiger charge is 2.00. The van der Waals surface area contributed by atoms with Gasteiger partial charge in [-0.05, 0) is 0 Å². The van der Waals surface area contributed by atoms with Gasteiger partial charge < -0.3 is 9.30 Å². The molecule has 0 unspecified atom stereocenters. The van der Waals surface area contributed by atoms with E-state index in [0.29, 0.717) is 0 Å². The van der Waals surface area contributed by atoms with E-state index in [2.05, 4.69) is 11.6 Å². The number of ether oxygens (including phenoxy) is 1. The normalized spacial score (nSPS) is 9.18. The van der Waals surface area contributed by atoms with Crippen LogP contribution in [-0.4, -0.2) is 15.5 Å². The number of esters is 1. The van der Waals surface area contributed by atoms with Crippen molar-refractivity contribution in [3.63, 3.8) is 0 Å². The Bertz CT molecular complexity index is 278. The summed E-state index contributed by atoms with van der Waals surface area (Å²) >= 11 is 0. The van der Waals surface area contributed by atoms with E-state index >= 15 is 0 Å². The van der Waals surface area contributed by atoms with Crippen molar-refractivity contribution >= 4 is 5.97 Å². The predicted molar refractivity (Wildman–Crippen MR) is 39.0 cm³/mol. The molecule has 4 heteroatoms. The van der Waals surface area contributed by atoms with Gasteiger partial charge in [-0.15, -0.1) is 0 Å². The molecular weight excluding hydrogens is 144 g/mol. The molecule has 0 N–H and O–H groups in total. The smallest absolute Gasteiger partial charge is 0.336 e. The average Bonchev–Trinajstić information content (AvgIpc) is 2.35. The number of imidazole rings is 1. The molecule has 0 saturated carbocycles. The van der Waals surface area contributed by atoms with E-state index in [1.807, 2.05) is 0 Å². The Kier molecular flexibility index (Phi) is 2.06. The van der Waals surface area contributed by atoms with Crippen LogP contribution in [0, 0.1) is 0 Å². The maximum atomic E-state index is 10.6. The number of nitrogens with zero attached hydrogens (tertiary/aromatic N) is 2. The van der Waals surface area contributed by atoms with Gasteiger partial charge in [0.05, 0.1) is 12.5 Å². The summed E-state index contributed by atoms with van der Waals surface area (Å²) in [6, 6.07) is 0. The van der Waals surface area contributed by atoms with Crippen molar-refractivity contribution in [2.45, 2.75) is 0 Å². The number of hydrogen-bond donors (Lipinski definition) is 0. The van der Waals surface area contributed by atoms with E-state index in [-0.39, 0.29) is 5.88 Å². The molecule has 0 spiro atoms. The van der Waals surface area contributed by atoms with Crippen LogP contribution in [0.3, 0.4) is 0 Å². The highest BCUT2D eigenvalue weighted by atomic mass is 16.5. The zero-order valence-electron chi connectivity index (χ0n) is 6.15. The SMILES string of the molecule is C=CC(=O)Oc1cn(C)cn1. The van der Waals surface area contributed by atoms with Gasteiger partial charge in [-0.1, -0.05) is 6.58 Å². The number of carbonyl (C=O) groups excluding carboxylic acids is 1. The first-order valence-electron chi connectivity index (χ1n) is 3.04. The van der Waals surface area contributed by atoms with Crippen molar-refractivity contribution < 1.29 is 9.53 Å². The summed E-state index contributed by atoms with van der Waals surface area (Å²) in [5.74, 6) is -0.207. The summed E-state index contributed by atoms with van der Waals surface area (Å²) in [5, 5.41) is 0. The Morgan fingerprint density at radius 1 is 1.91 bits per heavy atom. The molecule has 0 fully saturated rings. The third-order valence-electron chi connectivity index (χ3n) is 1.05. The molecule has 0 aliphatic carbocycles. The summed E-state index contributed by atoms with van der Waals surface area (Å²) in [7, 11) is 1.79. The second-order valence-electron chi connectivity index (χ2n) is 2.00. The highest BCUT2D eigenvalue weighted by molar-refractivity contribution is 5.82. The van der Waals surface area contributed by atoms with Crippen molar-refractivity contribution in [1.82, 2.24) is 9.55 Å². The molecule has 1 heterocycles. The largest absolute Gasteiger partial charge is 0.403 e. The molecule has 0 amide bonds. The van der Waals surface area contributed by atoms with Crippen molar-refractivity contribution in [1.29, 1.82) is 0 Å². The van der Waals surface area contributed by atoms with E-state index in [1.165, 1.54) is 0 Å². The van der Waals surface area contributed by atoms with E-state index < -0.39 is 5.97 Å². The minimum atomic E-state index is -0.497. The first kappa shape index (κ1) is 7.53. The molecule has 1 aromatic heterocycles. The molecule has 4 nitrogen and oxygen atoms in total. The van der Waals surface area contributed by atoms with Crippen LogP contribution in [0.5, 0.6) is 5.88 Å². The van der Waals surface area contributed by atoms with Gasteiger partial charge in [-0.2, -0.15) is 0 Å². The van der Waals surface area contributed by atoms with E-state index in [4.69, 9.17) is 4.74 Å². The molecule has 0 atom stereocenters. The van der Waals surface area contributed by atoms with Crippen molar-refractivity contribution in [2.75, 3.05) is 0 Å². The molecule has 11 heavy (non-hydrogen) atoms. The summed E-state index contributed by atoms with van der Waals surface area (Å²) in [6.07, 6.45) is 4.24. The summed E-state index contributed by atoms with van der Waals surface area (Å²) in [6.45, 7) is 3.25. The van der Waals surface area contributed by atoms with Crippen LogP contribution >= 0.6 is 0 Å². The van der Waals surface area contributed by atoms with Gasteiger partial charge in [0.15, 0.2) is 0 Å². The summed E-state index contributed by atoms with van der Waals surface area (Å²) in [4.78, 5) is 14.4. The van der Waals surface area contributed by atoms with Crippen LogP contribution in [0.1, 0.15) is 0 Å². The van der Waals surface area contributed by atoms with Gasteiger partial charge in [-0.3, -0.25) is 0 Å². The van der Waals surface area contributed by atoms with Crippen LogP contribution in [0.15, 0.2) is 25.2 Å². The first-order chi connectivity index (χ1) is 5.22. The minimum absolute atomic E-state index is 0.289. The number of aryl methyl sites for hydroxylation is 1. The fourth-order valence-electron chi connectivity index (χ4n) is 0.586. The van der Waals surface area contributed by atoms with Gasteiger partial charge in [0.25, 0.3) is 0 Å². The Morgan fingerprint density at radius 2 is 2.64 bits per heavy atom. The second kappa shape index (κ2) is 3.01. The minimum Gasteiger partial charge on any atom is -0.403 e. The van der Waals surface area contributed by atoms with E-state index in [9.17, 15) is 4.79 Å². The Labute approximate surface area is 64.1 Å². The van der Waals surface area contributed by atoms with Crippen LogP contribution in [0.25, 0.3) is 0 Å². The van der Waals surface area contributed by atoms with Crippen LogP contribution in [0.4, 0.5) is 0 Å². The first-order valence-corrected chi connectivity index (χ1v) is 3.04. The monoisotopic (exact) mass is 152 g/mol. The van der Waals surface area contributed by atoms with Gasteiger partial charge in [0.2, 0.25) is 5.88 Å². The molecule has 0 saturated heterocycles. The van der Waals surface area contributed by atoms with Crippen LogP contribution in [0.2, 0.25) is 0 Å². The predicted octanol–water partition coefficient (Wildman–Crippen LogP) is 0.511. The third kappa shape index (κ3) is 1.93. The number of hydrogen-bond acceptors (Lipinski definition) is 3. The van der Waals surface area contributed by atoms with Gasteiger partial charge in [-0.25, -0.2) is 9.78 Å². The molecule has 1 aromatic rings. The molecular formula is C7H8N2O2. The molecule has 0 radical (unpaired) electrons. The van der Waals surface area contributed by atoms with Gasteiger partial charge in [0.1, 0.15) is 0 Å². The molecule has 0 aliphatic rings. The number of rotatable bonds is 2. The average molecular weight is 152 g/mol. The van der Waals surface area contributed by atoms with Crippen molar-refractivity contribution in [3.8, 4) is 5.88 Å². The van der Waals surface area contributed by atoms with Crippen LogP contribution in [-0.2, 0) is 11.8 Å². The molecule has 0 aromatic carbocycles. The highest BCUT2D eigenvalue weighted by Crippen LogP contribution is 2.03. The molecule has 0 aliphatic heterocycles. The Hall–Kier alpha value is -1.58. The fourth-order valence-corrected chi connectivity index (χ4v) is 0.586. The zero-order chi connectivity index (χ0) is 8.27. The lowest BCUT2D eigenvalue weighted by Gasteiger charge is -1.92. The molecule has 1 rings (SSSR count). The van der Waals surface area contributed by atoms with E-state index in [1.54, 1.807) is 24.1 Å². The lowest BCUT2D eigenvalue weighted by atomic mass is 10.6. The summed E-state index contributed by atoms with van der Waals surface area (Å²) < 4.78 is 6.38. The third-order valence-corrected chi connectivity index (χ3v) is 1.05. The lowest BCUT2D eigenvalue weighted by Crippen LogP contribution is -2.02. The topological polar surface area (TPSA) is 44.1 Å². The summed E-state index contributed by atoms with van der Waals surface area (Å²) in [5.41, 5.74) is 0. The van der Waals surface area contributed by atoms with E-state index in [0.717, 1.165) is 6.08 Å². The Balaban J connectivity index is 2.64. The Morgan fingerprint density at radius 3 is 3.09 bits per heavy atom. The molecule has 0 bridgehead atoms. The quantitative estimate of drug-likeness (QED) is 0.458. The maximum Gasteiger partial charge on any atom is 0.336 e. The van der Waals surface area contributed by atoms with Gasteiger partial charge in [0, 0.05) is 13.1 Å². The van der Waals surface area contributed by atoms with Crippen LogP contribution < -0.4 is 4.74 Å². The lowest BCUT2D eigenvalue weighted by molar-refractivity contribution is -0.129. The second-order valence-corrected chi connectivity index (χ2v) is 2.00. The number of aromatic nitrogens is 2. The van der Waals surface area contributed by atoms with Crippen molar-refractivity contribution in [2.24, 2.45) is 7.05 Å². The van der Waals surface area contributed by atoms with Crippen molar-refractivity contribution in [3.05, 3.63) is 25.2 Å². The molecule has 58 valence electrons. The zero-order valence-corrected chi connectivity index (χ0v) is 6.15. The number of carbonyl (C=O) groups is 1. The van der Waals surface area contributed by atoms with Gasteiger partial charge >= 0.3 is 5.97 Å².